The van der Waals surface area contributed by atoms with E-state index in [0.717, 1.165) is 5.52 Å². The predicted octanol–water partition coefficient (Wildman–Crippen LogP) is 12.5. The van der Waals surface area contributed by atoms with Crippen LogP contribution in [0.5, 0.6) is 0 Å². The van der Waals surface area contributed by atoms with E-state index in [4.69, 9.17) is 0 Å². The van der Waals surface area contributed by atoms with Gasteiger partial charge in [0.25, 0.3) is 0 Å². The van der Waals surface area contributed by atoms with E-state index < -0.39 is 0 Å². The average molecular weight is 1100 g/mol. The first kappa shape index (κ1) is 61.1. The molecule has 0 radical (unpaired) electrons. The van der Waals surface area contributed by atoms with Gasteiger partial charge in [-0.15, -0.1) is 0 Å². The number of hydrogen-bond acceptors (Lipinski definition) is 2. The zero-order valence-corrected chi connectivity index (χ0v) is 38.8. The van der Waals surface area contributed by atoms with Crippen molar-refractivity contribution in [3.8, 4) is 0 Å². The first-order chi connectivity index (χ1) is 17.0. The molecular weight excluding hydrogens is 1040 g/mol. The zero-order chi connectivity index (χ0) is 28.8. The van der Waals surface area contributed by atoms with E-state index in [1.165, 1.54) is 5.39 Å². The van der Waals surface area contributed by atoms with Crippen molar-refractivity contribution in [3.63, 3.8) is 0 Å². The van der Waals surface area contributed by atoms with Gasteiger partial charge in [-0.2, -0.15) is 0 Å². The van der Waals surface area contributed by atoms with Crippen LogP contribution in [-0.2, 0) is 63.2 Å². The van der Waals surface area contributed by atoms with Gasteiger partial charge in [0.2, 0.25) is 0 Å². The molecule has 4 rings (SSSR count). The summed E-state index contributed by atoms with van der Waals surface area (Å²) in [5.41, 5.74) is 2.56. The van der Waals surface area contributed by atoms with E-state index in [9.17, 15) is 0 Å². The predicted molar refractivity (Wildman–Crippen MR) is 187 cm³/mol. The monoisotopic (exact) mass is 1100 g/mol. The summed E-state index contributed by atoms with van der Waals surface area (Å²) < 4.78 is 0. The molecular formula is C38H63N2W3-3. The molecule has 0 aliphatic carbocycles. The van der Waals surface area contributed by atoms with Gasteiger partial charge in [-0.25, -0.2) is 0 Å². The standard InChI is InChI=1S/C9H7N.C6H6.C5H5N.3C5H12.3CH3.3W/c1-2-6-9-8(4-1)5-3-7-10-9;2*1-2-4-6-5-3-1;3*1-5(2,3)4;;;;;;/h1-7H;1-6H;1-5H;3*1-4H3;3*1H3;;;/q;;;;;;3*-1;;;. The van der Waals surface area contributed by atoms with Gasteiger partial charge in [0, 0.05) is 87.2 Å². The number of aromatic nitrogens is 2. The van der Waals surface area contributed by atoms with Crippen molar-refractivity contribution in [2.24, 2.45) is 16.2 Å². The van der Waals surface area contributed by atoms with Crippen molar-refractivity contribution in [2.75, 3.05) is 0 Å². The summed E-state index contributed by atoms with van der Waals surface area (Å²) in [6.07, 6.45) is 5.31. The molecule has 0 N–H and O–H groups in total. The minimum atomic E-state index is 0. The molecule has 2 heterocycles. The molecule has 0 saturated carbocycles. The van der Waals surface area contributed by atoms with E-state index in [1.54, 1.807) is 12.4 Å². The van der Waals surface area contributed by atoms with Crippen LogP contribution in [0.3, 0.4) is 0 Å². The summed E-state index contributed by atoms with van der Waals surface area (Å²) in [5, 5.41) is 1.20. The minimum Gasteiger partial charge on any atom is -0.358 e. The Morgan fingerprint density at radius 2 is 0.651 bits per heavy atom. The van der Waals surface area contributed by atoms with Gasteiger partial charge < -0.3 is 22.3 Å². The molecule has 0 fully saturated rings. The fourth-order valence-electron chi connectivity index (χ4n) is 1.71. The van der Waals surface area contributed by atoms with Gasteiger partial charge in [0.15, 0.2) is 0 Å². The van der Waals surface area contributed by atoms with E-state index in [2.05, 4.69) is 105 Å². The molecule has 0 atom stereocenters. The van der Waals surface area contributed by atoms with Crippen LogP contribution in [0.2, 0.25) is 0 Å². The van der Waals surface area contributed by atoms with Crippen molar-refractivity contribution in [3.05, 3.63) is 132 Å². The summed E-state index contributed by atoms with van der Waals surface area (Å²) in [6, 6.07) is 29.8. The molecule has 0 bridgehead atoms. The number of para-hydroxylation sites is 1. The maximum atomic E-state index is 4.18. The Kier molecular flexibility index (Phi) is 50.5. The van der Waals surface area contributed by atoms with Crippen LogP contribution in [0.4, 0.5) is 0 Å². The zero-order valence-electron chi connectivity index (χ0n) is 30.0. The molecule has 0 saturated heterocycles. The topological polar surface area (TPSA) is 25.8 Å². The van der Waals surface area contributed by atoms with E-state index in [1.807, 2.05) is 85.1 Å². The summed E-state index contributed by atoms with van der Waals surface area (Å²) in [7, 11) is 0. The number of nitrogens with zero attached hydrogens (tertiary/aromatic N) is 2. The van der Waals surface area contributed by atoms with Crippen LogP contribution < -0.4 is 0 Å². The van der Waals surface area contributed by atoms with Gasteiger partial charge in [-0.1, -0.05) is 150 Å². The summed E-state index contributed by atoms with van der Waals surface area (Å²) in [5.74, 6) is 0. The van der Waals surface area contributed by atoms with Crippen molar-refractivity contribution in [1.29, 1.82) is 0 Å². The molecule has 4 aromatic rings. The maximum Gasteiger partial charge on any atom is 0.0701 e. The third-order valence-electron chi connectivity index (χ3n) is 2.75. The normalized spacial score (nSPS) is 8.74. The molecule has 0 aliphatic rings. The van der Waals surface area contributed by atoms with Crippen LogP contribution in [-0.4, -0.2) is 9.97 Å². The Bertz CT molecular complexity index is 809. The quantitative estimate of drug-likeness (QED) is 0.164. The molecule has 43 heavy (non-hydrogen) atoms. The first-order valence-corrected chi connectivity index (χ1v) is 13.1. The average Bonchev–Trinajstić information content (AvgIpc) is 2.79. The molecule has 0 aliphatic heterocycles. The number of fused-ring (bicyclic) bond motifs is 1. The summed E-state index contributed by atoms with van der Waals surface area (Å²) in [6.45, 7) is 26.2. The second-order valence-electron chi connectivity index (χ2n) is 13.4. The molecule has 0 amide bonds. The van der Waals surface area contributed by atoms with Crippen LogP contribution in [0.25, 0.3) is 10.9 Å². The maximum absolute atomic E-state index is 4.18. The Balaban J connectivity index is -0.0000000568. The molecule has 2 aromatic carbocycles. The molecule has 2 aromatic heterocycles. The Morgan fingerprint density at radius 1 is 0.372 bits per heavy atom. The number of rotatable bonds is 0. The fraction of sp³-hybridized carbons (Fsp3) is 0.395. The Morgan fingerprint density at radius 3 is 0.907 bits per heavy atom. The van der Waals surface area contributed by atoms with Crippen molar-refractivity contribution in [1.82, 2.24) is 9.97 Å². The molecule has 246 valence electrons. The SMILES string of the molecule is CC(C)(C)C.CC(C)(C)C.CC(C)(C)C.[CH3-].[CH3-].[CH3-].[W].[W].[W].c1ccc2ncccc2c1.c1ccccc1.c1ccncc1. The first-order valence-electron chi connectivity index (χ1n) is 13.1. The third-order valence-corrected chi connectivity index (χ3v) is 2.75. The van der Waals surface area contributed by atoms with Crippen molar-refractivity contribution >= 4 is 10.9 Å². The molecule has 2 nitrogen and oxygen atoms in total. The van der Waals surface area contributed by atoms with Crippen molar-refractivity contribution < 1.29 is 63.2 Å². The van der Waals surface area contributed by atoms with Crippen LogP contribution in [0.1, 0.15) is 83.1 Å². The smallest absolute Gasteiger partial charge is 0.0701 e. The van der Waals surface area contributed by atoms with Gasteiger partial charge in [-0.3, -0.25) is 9.97 Å². The van der Waals surface area contributed by atoms with Gasteiger partial charge in [-0.05, 0) is 40.5 Å². The van der Waals surface area contributed by atoms with E-state index in [0.29, 0.717) is 16.2 Å². The Labute approximate surface area is 312 Å². The van der Waals surface area contributed by atoms with Crippen LogP contribution in [0.15, 0.2) is 110 Å². The minimum absolute atomic E-state index is 0. The van der Waals surface area contributed by atoms with E-state index in [-0.39, 0.29) is 85.5 Å². The summed E-state index contributed by atoms with van der Waals surface area (Å²) >= 11 is 0. The number of hydrogen-bond donors (Lipinski definition) is 0. The molecule has 0 spiro atoms. The fourth-order valence-corrected chi connectivity index (χ4v) is 1.71. The Hall–Kier alpha value is -0.935. The van der Waals surface area contributed by atoms with Crippen LogP contribution >= 0.6 is 0 Å². The third kappa shape index (κ3) is 74.2. The van der Waals surface area contributed by atoms with Gasteiger partial charge >= 0.3 is 0 Å². The number of benzene rings is 2. The van der Waals surface area contributed by atoms with Gasteiger partial charge in [0.05, 0.1) is 5.52 Å². The molecule has 0 unspecified atom stereocenters. The second-order valence-corrected chi connectivity index (χ2v) is 13.4. The summed E-state index contributed by atoms with van der Waals surface area (Å²) in [4.78, 5) is 7.97. The second kappa shape index (κ2) is 35.5. The van der Waals surface area contributed by atoms with Crippen LogP contribution in [0, 0.1) is 38.5 Å². The van der Waals surface area contributed by atoms with E-state index >= 15 is 0 Å². The largest absolute Gasteiger partial charge is 0.358 e. The molecule has 5 heteroatoms. The number of pyridine rings is 2. The van der Waals surface area contributed by atoms with Crippen molar-refractivity contribution in [2.45, 2.75) is 83.1 Å². The van der Waals surface area contributed by atoms with Gasteiger partial charge in [0.1, 0.15) is 0 Å².